The standard InChI is InChI=1S/C16H20O3/c1-3-9-15(18)11-6-4-5-7-12-16(19)13-8-10-14(2)17/h1,4-6,11,15-16,18-19H,8-10,13H2,2H3/b5-4+,11-6+/t15-,16-/m1/s1. The van der Waals surface area contributed by atoms with Gasteiger partial charge in [0.15, 0.2) is 0 Å². The van der Waals surface area contributed by atoms with Crippen molar-refractivity contribution in [2.45, 2.75) is 44.8 Å². The van der Waals surface area contributed by atoms with E-state index in [1.165, 1.54) is 6.92 Å². The molecule has 0 saturated heterocycles. The summed E-state index contributed by atoms with van der Waals surface area (Å²) in [5.74, 6) is 7.81. The molecule has 0 fully saturated rings. The predicted molar refractivity (Wildman–Crippen MR) is 76.1 cm³/mol. The summed E-state index contributed by atoms with van der Waals surface area (Å²) < 4.78 is 0. The van der Waals surface area contributed by atoms with E-state index in [1.807, 2.05) is 0 Å². The zero-order chi connectivity index (χ0) is 14.5. The van der Waals surface area contributed by atoms with Crippen LogP contribution in [0.3, 0.4) is 0 Å². The second-order valence-corrected chi connectivity index (χ2v) is 4.12. The highest BCUT2D eigenvalue weighted by atomic mass is 16.3. The summed E-state index contributed by atoms with van der Waals surface area (Å²) in [5.41, 5.74) is 0. The van der Waals surface area contributed by atoms with Crippen molar-refractivity contribution in [1.82, 2.24) is 0 Å². The Bertz CT molecular complexity index is 416. The van der Waals surface area contributed by atoms with E-state index in [2.05, 4.69) is 17.8 Å². The zero-order valence-corrected chi connectivity index (χ0v) is 11.2. The summed E-state index contributed by atoms with van der Waals surface area (Å²) in [4.78, 5) is 10.7. The van der Waals surface area contributed by atoms with Crippen molar-refractivity contribution in [3.8, 4) is 24.2 Å². The quantitative estimate of drug-likeness (QED) is 0.540. The van der Waals surface area contributed by atoms with Crippen LogP contribution in [0.25, 0.3) is 0 Å². The van der Waals surface area contributed by atoms with Crippen molar-refractivity contribution >= 4 is 5.78 Å². The van der Waals surface area contributed by atoms with Crippen LogP contribution in [0.4, 0.5) is 0 Å². The Kier molecular flexibility index (Phi) is 10.2. The Morgan fingerprint density at radius 2 is 2.11 bits per heavy atom. The van der Waals surface area contributed by atoms with Crippen LogP contribution in [0.5, 0.6) is 0 Å². The van der Waals surface area contributed by atoms with Gasteiger partial charge in [0.05, 0.1) is 6.10 Å². The maximum Gasteiger partial charge on any atom is 0.129 e. The fourth-order valence-corrected chi connectivity index (χ4v) is 1.25. The smallest absolute Gasteiger partial charge is 0.129 e. The molecule has 19 heavy (non-hydrogen) atoms. The highest BCUT2D eigenvalue weighted by Gasteiger charge is 1.99. The first-order valence-electron chi connectivity index (χ1n) is 6.19. The van der Waals surface area contributed by atoms with Gasteiger partial charge in [-0.3, -0.25) is 0 Å². The van der Waals surface area contributed by atoms with Crippen LogP contribution in [0.15, 0.2) is 24.3 Å². The predicted octanol–water partition coefficient (Wildman–Crippen LogP) is 1.61. The molecule has 0 amide bonds. The zero-order valence-electron chi connectivity index (χ0n) is 11.2. The third-order valence-corrected chi connectivity index (χ3v) is 2.21. The molecular weight excluding hydrogens is 240 g/mol. The Morgan fingerprint density at radius 1 is 1.37 bits per heavy atom. The van der Waals surface area contributed by atoms with Gasteiger partial charge in [-0.05, 0) is 25.8 Å². The molecule has 0 aromatic rings. The number of aliphatic hydroxyl groups excluding tert-OH is 2. The molecule has 0 aliphatic heterocycles. The van der Waals surface area contributed by atoms with Crippen molar-refractivity contribution in [2.24, 2.45) is 0 Å². The van der Waals surface area contributed by atoms with E-state index in [0.29, 0.717) is 19.3 Å². The molecule has 2 N–H and O–H groups in total. The molecule has 2 atom stereocenters. The minimum atomic E-state index is -0.708. The molecule has 0 aromatic heterocycles. The molecule has 0 spiro atoms. The van der Waals surface area contributed by atoms with Crippen LogP contribution in [-0.4, -0.2) is 28.2 Å². The molecule has 0 radical (unpaired) electrons. The number of carbonyl (C=O) groups excluding carboxylic acids is 1. The lowest BCUT2D eigenvalue weighted by Gasteiger charge is -2.00. The summed E-state index contributed by atoms with van der Waals surface area (Å²) in [6.07, 6.45) is 12.1. The lowest BCUT2D eigenvalue weighted by atomic mass is 10.1. The average Bonchev–Trinajstić information content (AvgIpc) is 2.33. The second-order valence-electron chi connectivity index (χ2n) is 4.12. The molecule has 3 heteroatoms. The van der Waals surface area contributed by atoms with Gasteiger partial charge < -0.3 is 15.0 Å². The molecule has 102 valence electrons. The van der Waals surface area contributed by atoms with Crippen molar-refractivity contribution in [1.29, 1.82) is 0 Å². The molecule has 0 aromatic carbocycles. The number of rotatable bonds is 7. The highest BCUT2D eigenvalue weighted by Crippen LogP contribution is 2.00. The van der Waals surface area contributed by atoms with Crippen LogP contribution < -0.4 is 0 Å². The van der Waals surface area contributed by atoms with E-state index in [4.69, 9.17) is 6.42 Å². The van der Waals surface area contributed by atoms with E-state index in [1.54, 1.807) is 24.3 Å². The van der Waals surface area contributed by atoms with E-state index >= 15 is 0 Å². The van der Waals surface area contributed by atoms with Gasteiger partial charge >= 0.3 is 0 Å². The number of terminal acetylenes is 1. The number of aliphatic hydroxyl groups is 2. The second kappa shape index (κ2) is 11.3. The third kappa shape index (κ3) is 12.4. The first-order valence-corrected chi connectivity index (χ1v) is 6.19. The molecule has 0 unspecified atom stereocenters. The van der Waals surface area contributed by atoms with Crippen molar-refractivity contribution < 1.29 is 15.0 Å². The topological polar surface area (TPSA) is 57.5 Å². The third-order valence-electron chi connectivity index (χ3n) is 2.21. The number of Topliss-reactive ketones (excluding diaryl/α,β-unsaturated/α-hetero) is 1. The van der Waals surface area contributed by atoms with Gasteiger partial charge in [-0.2, -0.15) is 0 Å². The number of hydrogen-bond donors (Lipinski definition) is 2. The SMILES string of the molecule is C#CC[C@@H](O)/C=C/C=C/C#C[C@@H](O)CCCC(C)=O. The highest BCUT2D eigenvalue weighted by molar-refractivity contribution is 5.75. The summed E-state index contributed by atoms with van der Waals surface area (Å²) in [7, 11) is 0. The molecule has 0 aliphatic carbocycles. The maximum atomic E-state index is 10.7. The summed E-state index contributed by atoms with van der Waals surface area (Å²) in [6.45, 7) is 1.53. The first-order chi connectivity index (χ1) is 9.06. The molecule has 0 bridgehead atoms. The Balaban J connectivity index is 3.89. The van der Waals surface area contributed by atoms with E-state index in [0.717, 1.165) is 0 Å². The van der Waals surface area contributed by atoms with Crippen LogP contribution in [0, 0.1) is 24.2 Å². The lowest BCUT2D eigenvalue weighted by molar-refractivity contribution is -0.117. The maximum absolute atomic E-state index is 10.7. The van der Waals surface area contributed by atoms with Crippen molar-refractivity contribution in [3.05, 3.63) is 24.3 Å². The van der Waals surface area contributed by atoms with Gasteiger partial charge in [-0.25, -0.2) is 0 Å². The molecule has 0 heterocycles. The fourth-order valence-electron chi connectivity index (χ4n) is 1.25. The number of ketones is 1. The Labute approximate surface area is 115 Å². The number of allylic oxidation sites excluding steroid dienone is 3. The average molecular weight is 260 g/mol. The molecule has 0 saturated carbocycles. The van der Waals surface area contributed by atoms with Gasteiger partial charge in [0.25, 0.3) is 0 Å². The normalized spacial score (nSPS) is 13.8. The van der Waals surface area contributed by atoms with Crippen LogP contribution in [0.1, 0.15) is 32.6 Å². The van der Waals surface area contributed by atoms with Gasteiger partial charge in [0.2, 0.25) is 0 Å². The van der Waals surface area contributed by atoms with Gasteiger partial charge in [0, 0.05) is 12.8 Å². The first kappa shape index (κ1) is 17.2. The van der Waals surface area contributed by atoms with E-state index in [9.17, 15) is 15.0 Å². The Hall–Kier alpha value is -1.81. The van der Waals surface area contributed by atoms with Crippen molar-refractivity contribution in [2.75, 3.05) is 0 Å². The molecule has 0 aliphatic rings. The summed E-state index contributed by atoms with van der Waals surface area (Å²) in [5, 5.41) is 18.7. The van der Waals surface area contributed by atoms with E-state index in [-0.39, 0.29) is 12.2 Å². The van der Waals surface area contributed by atoms with Gasteiger partial charge in [-0.1, -0.05) is 30.1 Å². The number of carbonyl (C=O) groups is 1. The number of hydrogen-bond acceptors (Lipinski definition) is 3. The van der Waals surface area contributed by atoms with Crippen LogP contribution in [-0.2, 0) is 4.79 Å². The van der Waals surface area contributed by atoms with Crippen molar-refractivity contribution in [3.63, 3.8) is 0 Å². The molecule has 3 nitrogen and oxygen atoms in total. The summed E-state index contributed by atoms with van der Waals surface area (Å²) >= 11 is 0. The van der Waals surface area contributed by atoms with Gasteiger partial charge in [0.1, 0.15) is 11.9 Å². The van der Waals surface area contributed by atoms with E-state index < -0.39 is 12.2 Å². The lowest BCUT2D eigenvalue weighted by Crippen LogP contribution is -2.03. The molecular formula is C16H20O3. The molecule has 0 rings (SSSR count). The largest absolute Gasteiger partial charge is 0.388 e. The fraction of sp³-hybridized carbons (Fsp3) is 0.438. The summed E-state index contributed by atoms with van der Waals surface area (Å²) in [6, 6.07) is 0. The minimum Gasteiger partial charge on any atom is -0.388 e. The van der Waals surface area contributed by atoms with Crippen LogP contribution >= 0.6 is 0 Å². The Morgan fingerprint density at radius 3 is 2.74 bits per heavy atom. The van der Waals surface area contributed by atoms with Gasteiger partial charge in [-0.15, -0.1) is 12.3 Å². The minimum absolute atomic E-state index is 0.121. The monoisotopic (exact) mass is 260 g/mol. The van der Waals surface area contributed by atoms with Crippen LogP contribution in [0.2, 0.25) is 0 Å².